The molecule has 0 aliphatic rings. The van der Waals surface area contributed by atoms with E-state index in [1.165, 1.54) is 11.1 Å². The van der Waals surface area contributed by atoms with Crippen molar-refractivity contribution >= 4 is 15.9 Å². The van der Waals surface area contributed by atoms with Gasteiger partial charge in [0.2, 0.25) is 0 Å². The molecule has 1 atom stereocenters. The molecular formula is C15H24BrNO. The maximum atomic E-state index is 10.2. The van der Waals surface area contributed by atoms with Crippen molar-refractivity contribution in [2.24, 2.45) is 5.92 Å². The Labute approximate surface area is 119 Å². The third-order valence-corrected chi connectivity index (χ3v) is 3.77. The summed E-state index contributed by atoms with van der Waals surface area (Å²) in [5, 5.41) is 13.5. The van der Waals surface area contributed by atoms with Crippen molar-refractivity contribution < 1.29 is 5.11 Å². The summed E-state index contributed by atoms with van der Waals surface area (Å²) in [7, 11) is 0. The summed E-state index contributed by atoms with van der Waals surface area (Å²) in [5.41, 5.74) is 1.84. The first kappa shape index (κ1) is 15.7. The van der Waals surface area contributed by atoms with Crippen LogP contribution in [-0.4, -0.2) is 17.3 Å². The Morgan fingerprint density at radius 3 is 2.61 bits per heavy atom. The Kier molecular flexibility index (Phi) is 5.83. The van der Waals surface area contributed by atoms with Crippen LogP contribution in [0.4, 0.5) is 0 Å². The molecular weight excluding hydrogens is 290 g/mol. The Balaban J connectivity index is 2.43. The second-order valence-electron chi connectivity index (χ2n) is 5.78. The number of nitrogens with one attached hydrogen (secondary N) is 1. The molecule has 0 amide bonds. The van der Waals surface area contributed by atoms with Crippen LogP contribution in [0.2, 0.25) is 0 Å². The summed E-state index contributed by atoms with van der Waals surface area (Å²) in [6.45, 7) is 9.64. The summed E-state index contributed by atoms with van der Waals surface area (Å²) < 4.78 is 1.13. The van der Waals surface area contributed by atoms with E-state index in [9.17, 15) is 5.11 Å². The van der Waals surface area contributed by atoms with Gasteiger partial charge in [-0.05, 0) is 43.4 Å². The molecule has 18 heavy (non-hydrogen) atoms. The van der Waals surface area contributed by atoms with Crippen molar-refractivity contribution in [2.75, 3.05) is 6.54 Å². The zero-order valence-electron chi connectivity index (χ0n) is 11.8. The second-order valence-corrected chi connectivity index (χ2v) is 6.64. The Morgan fingerprint density at radius 1 is 1.39 bits per heavy atom. The van der Waals surface area contributed by atoms with E-state index in [0.717, 1.165) is 17.4 Å². The highest BCUT2D eigenvalue weighted by Crippen LogP contribution is 2.18. The lowest BCUT2D eigenvalue weighted by molar-refractivity contribution is 0.0383. The lowest BCUT2D eigenvalue weighted by Gasteiger charge is -2.25. The maximum Gasteiger partial charge on any atom is 0.0746 e. The normalized spacial score (nSPS) is 14.8. The van der Waals surface area contributed by atoms with Gasteiger partial charge in [0, 0.05) is 17.6 Å². The molecule has 2 N–H and O–H groups in total. The maximum absolute atomic E-state index is 10.2. The SMILES string of the molecule is Cc1ccc(CNCC(C)(O)CC(C)C)cc1Br. The predicted molar refractivity (Wildman–Crippen MR) is 80.7 cm³/mol. The molecule has 0 spiro atoms. The van der Waals surface area contributed by atoms with Crippen LogP contribution in [0, 0.1) is 12.8 Å². The molecule has 1 rings (SSSR count). The molecule has 0 aliphatic carbocycles. The Morgan fingerprint density at radius 2 is 2.06 bits per heavy atom. The summed E-state index contributed by atoms with van der Waals surface area (Å²) in [4.78, 5) is 0. The summed E-state index contributed by atoms with van der Waals surface area (Å²) >= 11 is 3.53. The number of hydrogen-bond acceptors (Lipinski definition) is 2. The van der Waals surface area contributed by atoms with E-state index in [1.807, 2.05) is 6.92 Å². The fourth-order valence-electron chi connectivity index (χ4n) is 2.17. The molecule has 2 nitrogen and oxygen atoms in total. The van der Waals surface area contributed by atoms with Crippen molar-refractivity contribution in [3.8, 4) is 0 Å². The van der Waals surface area contributed by atoms with E-state index in [4.69, 9.17) is 0 Å². The van der Waals surface area contributed by atoms with Gasteiger partial charge < -0.3 is 10.4 Å². The third kappa shape index (κ3) is 5.51. The van der Waals surface area contributed by atoms with Gasteiger partial charge in [0.1, 0.15) is 0 Å². The molecule has 0 aliphatic heterocycles. The van der Waals surface area contributed by atoms with Crippen LogP contribution >= 0.6 is 15.9 Å². The van der Waals surface area contributed by atoms with E-state index in [2.05, 4.69) is 60.2 Å². The number of aryl methyl sites for hydroxylation is 1. The van der Waals surface area contributed by atoms with Gasteiger partial charge in [0.25, 0.3) is 0 Å². The van der Waals surface area contributed by atoms with Gasteiger partial charge in [0.15, 0.2) is 0 Å². The summed E-state index contributed by atoms with van der Waals surface area (Å²) in [6, 6.07) is 6.34. The highest BCUT2D eigenvalue weighted by molar-refractivity contribution is 9.10. The van der Waals surface area contributed by atoms with Crippen molar-refractivity contribution in [3.63, 3.8) is 0 Å². The largest absolute Gasteiger partial charge is 0.389 e. The number of rotatable bonds is 6. The lowest BCUT2D eigenvalue weighted by atomic mass is 9.94. The standard InChI is InChI=1S/C15H24BrNO/c1-11(2)8-15(4,18)10-17-9-13-6-5-12(3)14(16)7-13/h5-7,11,17-18H,8-10H2,1-4H3. The summed E-state index contributed by atoms with van der Waals surface area (Å²) in [6.07, 6.45) is 0.817. The zero-order valence-corrected chi connectivity index (χ0v) is 13.3. The first-order valence-electron chi connectivity index (χ1n) is 6.48. The minimum Gasteiger partial charge on any atom is -0.389 e. The number of hydrogen-bond donors (Lipinski definition) is 2. The van der Waals surface area contributed by atoms with Gasteiger partial charge in [-0.15, -0.1) is 0 Å². The molecule has 0 bridgehead atoms. The van der Waals surface area contributed by atoms with E-state index < -0.39 is 5.60 Å². The monoisotopic (exact) mass is 313 g/mol. The fraction of sp³-hybridized carbons (Fsp3) is 0.600. The molecule has 3 heteroatoms. The predicted octanol–water partition coefficient (Wildman–Crippen LogP) is 3.64. The summed E-state index contributed by atoms with van der Waals surface area (Å²) in [5.74, 6) is 0.510. The van der Waals surface area contributed by atoms with Gasteiger partial charge in [-0.2, -0.15) is 0 Å². The van der Waals surface area contributed by atoms with Crippen molar-refractivity contribution in [3.05, 3.63) is 33.8 Å². The first-order chi connectivity index (χ1) is 8.30. The van der Waals surface area contributed by atoms with Gasteiger partial charge in [-0.3, -0.25) is 0 Å². The smallest absolute Gasteiger partial charge is 0.0746 e. The molecule has 0 saturated heterocycles. The topological polar surface area (TPSA) is 32.3 Å². The first-order valence-corrected chi connectivity index (χ1v) is 7.27. The molecule has 1 aromatic carbocycles. The molecule has 1 unspecified atom stereocenters. The molecule has 0 aromatic heterocycles. The molecule has 0 fully saturated rings. The number of aliphatic hydroxyl groups is 1. The minimum absolute atomic E-state index is 0.510. The molecule has 0 heterocycles. The van der Waals surface area contributed by atoms with Gasteiger partial charge in [0.05, 0.1) is 5.60 Å². The lowest BCUT2D eigenvalue weighted by Crippen LogP contribution is -2.38. The van der Waals surface area contributed by atoms with Crippen LogP contribution in [0.1, 0.15) is 38.3 Å². The molecule has 1 aromatic rings. The van der Waals surface area contributed by atoms with Crippen LogP contribution < -0.4 is 5.32 Å². The van der Waals surface area contributed by atoms with Crippen molar-refractivity contribution in [1.82, 2.24) is 5.32 Å². The average Bonchev–Trinajstić information content (AvgIpc) is 2.21. The van der Waals surface area contributed by atoms with Crippen LogP contribution in [-0.2, 0) is 6.54 Å². The van der Waals surface area contributed by atoms with Crippen LogP contribution in [0.25, 0.3) is 0 Å². The van der Waals surface area contributed by atoms with Crippen molar-refractivity contribution in [2.45, 2.75) is 46.3 Å². The van der Waals surface area contributed by atoms with E-state index in [1.54, 1.807) is 0 Å². The second kappa shape index (κ2) is 6.69. The highest BCUT2D eigenvalue weighted by atomic mass is 79.9. The molecule has 102 valence electrons. The van der Waals surface area contributed by atoms with E-state index in [-0.39, 0.29) is 0 Å². The molecule has 0 saturated carbocycles. The van der Waals surface area contributed by atoms with E-state index >= 15 is 0 Å². The van der Waals surface area contributed by atoms with Gasteiger partial charge in [-0.1, -0.05) is 41.9 Å². The highest BCUT2D eigenvalue weighted by Gasteiger charge is 2.20. The Hall–Kier alpha value is -0.380. The quantitative estimate of drug-likeness (QED) is 0.840. The number of halogens is 1. The van der Waals surface area contributed by atoms with Crippen LogP contribution in [0.3, 0.4) is 0 Å². The van der Waals surface area contributed by atoms with Gasteiger partial charge in [-0.25, -0.2) is 0 Å². The van der Waals surface area contributed by atoms with E-state index in [0.29, 0.717) is 12.5 Å². The van der Waals surface area contributed by atoms with Crippen LogP contribution in [0.15, 0.2) is 22.7 Å². The fourth-order valence-corrected chi connectivity index (χ4v) is 2.60. The van der Waals surface area contributed by atoms with Gasteiger partial charge >= 0.3 is 0 Å². The average molecular weight is 314 g/mol. The van der Waals surface area contributed by atoms with Crippen molar-refractivity contribution in [1.29, 1.82) is 0 Å². The Bertz CT molecular complexity index is 388. The zero-order chi connectivity index (χ0) is 13.8. The third-order valence-electron chi connectivity index (χ3n) is 2.92. The minimum atomic E-state index is -0.629. The molecule has 0 radical (unpaired) electrons. The van der Waals surface area contributed by atoms with Crippen LogP contribution in [0.5, 0.6) is 0 Å². The number of benzene rings is 1.